The van der Waals surface area contributed by atoms with Crippen molar-refractivity contribution in [2.45, 2.75) is 26.0 Å². The first kappa shape index (κ1) is 22.9. The normalized spacial score (nSPS) is 17.0. The molecule has 1 saturated heterocycles. The number of fused-ring (bicyclic) bond motifs is 1. The van der Waals surface area contributed by atoms with Gasteiger partial charge in [-0.2, -0.15) is 0 Å². The zero-order chi connectivity index (χ0) is 23.5. The van der Waals surface area contributed by atoms with Crippen molar-refractivity contribution in [2.24, 2.45) is 0 Å². The van der Waals surface area contributed by atoms with Crippen LogP contribution in [0.1, 0.15) is 24.2 Å². The fraction of sp³-hybridized carbons (Fsp3) is 0.320. The number of ether oxygens (including phenoxy) is 1. The van der Waals surface area contributed by atoms with Gasteiger partial charge < -0.3 is 19.9 Å². The van der Waals surface area contributed by atoms with E-state index >= 15 is 0 Å². The Morgan fingerprint density at radius 3 is 2.58 bits per heavy atom. The topological polar surface area (TPSA) is 74.8 Å². The highest BCUT2D eigenvalue weighted by molar-refractivity contribution is 6.35. The summed E-state index contributed by atoms with van der Waals surface area (Å²) in [5.41, 5.74) is 1.27. The van der Waals surface area contributed by atoms with Gasteiger partial charge in [-0.3, -0.25) is 9.59 Å². The predicted octanol–water partition coefficient (Wildman–Crippen LogP) is 4.07. The zero-order valence-electron chi connectivity index (χ0n) is 18.9. The molecule has 4 rings (SSSR count). The number of aromatic nitrogens is 1. The van der Waals surface area contributed by atoms with Crippen molar-refractivity contribution in [3.8, 4) is 5.75 Å². The zero-order valence-corrected chi connectivity index (χ0v) is 19.7. The summed E-state index contributed by atoms with van der Waals surface area (Å²) < 4.78 is 6.07. The van der Waals surface area contributed by atoms with Crippen LogP contribution in [0.3, 0.4) is 0 Å². The smallest absolute Gasteiger partial charge is 0.263 e. The molecule has 0 unspecified atom stereocenters. The van der Waals surface area contributed by atoms with Gasteiger partial charge in [0, 0.05) is 43.7 Å². The van der Waals surface area contributed by atoms with Gasteiger partial charge >= 0.3 is 0 Å². The fourth-order valence-electron chi connectivity index (χ4n) is 4.11. The number of pyridine rings is 1. The Hall–Kier alpha value is -3.32. The number of benzene rings is 2. The van der Waals surface area contributed by atoms with Crippen LogP contribution in [0.5, 0.6) is 5.75 Å². The molecule has 2 amide bonds. The molecule has 33 heavy (non-hydrogen) atoms. The van der Waals surface area contributed by atoms with E-state index in [1.54, 1.807) is 35.9 Å². The molecule has 172 valence electrons. The van der Waals surface area contributed by atoms with Gasteiger partial charge in [-0.1, -0.05) is 29.8 Å². The van der Waals surface area contributed by atoms with Crippen LogP contribution >= 0.6 is 11.6 Å². The van der Waals surface area contributed by atoms with E-state index in [1.165, 1.54) is 0 Å². The number of hydrogen-bond donors (Lipinski definition) is 1. The van der Waals surface area contributed by atoms with Crippen LogP contribution in [0.2, 0.25) is 5.02 Å². The number of carbonyl (C=O) groups is 2. The number of hydrogen-bond acceptors (Lipinski definition) is 5. The molecule has 1 aromatic heterocycles. The third-order valence-corrected chi connectivity index (χ3v) is 6.20. The summed E-state index contributed by atoms with van der Waals surface area (Å²) in [5.74, 6) is 1.12. The van der Waals surface area contributed by atoms with Crippen molar-refractivity contribution >= 4 is 40.1 Å². The summed E-state index contributed by atoms with van der Waals surface area (Å²) in [6, 6.07) is 16.3. The van der Waals surface area contributed by atoms with Crippen LogP contribution in [0, 0.1) is 0 Å². The van der Waals surface area contributed by atoms with Crippen LogP contribution in [0.15, 0.2) is 54.6 Å². The van der Waals surface area contributed by atoms with Crippen molar-refractivity contribution in [2.75, 3.05) is 32.0 Å². The Bertz CT molecular complexity index is 1170. The molecule has 1 aliphatic heterocycles. The lowest BCUT2D eigenvalue weighted by molar-refractivity contribution is -0.142. The second-order valence-corrected chi connectivity index (χ2v) is 8.55. The SMILES string of the molecule is CNc1ccc2c(O[C@@H](C)C(=O)N3CCN(C(=O)c4ccccc4)C[C@H]3C)ccc(Cl)c2n1. The van der Waals surface area contributed by atoms with Gasteiger partial charge in [0.15, 0.2) is 6.10 Å². The van der Waals surface area contributed by atoms with Crippen LogP contribution in [0.25, 0.3) is 10.9 Å². The van der Waals surface area contributed by atoms with E-state index < -0.39 is 6.10 Å². The van der Waals surface area contributed by atoms with Crippen molar-refractivity contribution in [1.82, 2.24) is 14.8 Å². The molecular weight excluding hydrogens is 440 g/mol. The fourth-order valence-corrected chi connectivity index (χ4v) is 4.31. The maximum Gasteiger partial charge on any atom is 0.263 e. The van der Waals surface area contributed by atoms with Crippen molar-refractivity contribution in [1.29, 1.82) is 0 Å². The second-order valence-electron chi connectivity index (χ2n) is 8.15. The van der Waals surface area contributed by atoms with Crippen molar-refractivity contribution in [3.63, 3.8) is 0 Å². The third kappa shape index (κ3) is 4.73. The lowest BCUT2D eigenvalue weighted by Crippen LogP contribution is -2.57. The average molecular weight is 467 g/mol. The average Bonchev–Trinajstić information content (AvgIpc) is 2.85. The highest BCUT2D eigenvalue weighted by Gasteiger charge is 2.33. The predicted molar refractivity (Wildman–Crippen MR) is 130 cm³/mol. The molecule has 3 aromatic rings. The molecule has 0 aliphatic carbocycles. The molecule has 1 aliphatic rings. The molecule has 2 atom stereocenters. The van der Waals surface area contributed by atoms with Crippen molar-refractivity contribution < 1.29 is 14.3 Å². The van der Waals surface area contributed by atoms with Gasteiger partial charge in [-0.05, 0) is 50.2 Å². The van der Waals surface area contributed by atoms with Crippen LogP contribution < -0.4 is 10.1 Å². The Morgan fingerprint density at radius 2 is 1.88 bits per heavy atom. The maximum atomic E-state index is 13.2. The number of halogens is 1. The van der Waals surface area contributed by atoms with E-state index in [-0.39, 0.29) is 17.9 Å². The molecular formula is C25H27ClN4O3. The Labute approximate surface area is 198 Å². The Balaban J connectivity index is 1.45. The first-order valence-electron chi connectivity index (χ1n) is 11.0. The number of rotatable bonds is 5. The van der Waals surface area contributed by atoms with Gasteiger partial charge in [0.2, 0.25) is 0 Å². The Morgan fingerprint density at radius 1 is 1.12 bits per heavy atom. The molecule has 0 radical (unpaired) electrons. The highest BCUT2D eigenvalue weighted by Crippen LogP contribution is 2.32. The molecule has 0 saturated carbocycles. The van der Waals surface area contributed by atoms with Crippen LogP contribution in [-0.4, -0.2) is 65.4 Å². The summed E-state index contributed by atoms with van der Waals surface area (Å²) in [7, 11) is 1.79. The summed E-state index contributed by atoms with van der Waals surface area (Å²) in [5, 5.41) is 4.25. The largest absolute Gasteiger partial charge is 0.480 e. The second kappa shape index (κ2) is 9.67. The number of carbonyl (C=O) groups excluding carboxylic acids is 2. The number of piperazine rings is 1. The minimum atomic E-state index is -0.697. The van der Waals surface area contributed by atoms with E-state index in [0.717, 1.165) is 5.39 Å². The van der Waals surface area contributed by atoms with Crippen LogP contribution in [-0.2, 0) is 4.79 Å². The third-order valence-electron chi connectivity index (χ3n) is 5.89. The van der Waals surface area contributed by atoms with Gasteiger partial charge in [0.1, 0.15) is 11.6 Å². The van der Waals surface area contributed by atoms with E-state index in [4.69, 9.17) is 16.3 Å². The number of nitrogens with one attached hydrogen (secondary N) is 1. The summed E-state index contributed by atoms with van der Waals surface area (Å²) in [6.45, 7) is 5.12. The number of amides is 2. The van der Waals surface area contributed by atoms with Crippen molar-refractivity contribution in [3.05, 3.63) is 65.2 Å². The first-order chi connectivity index (χ1) is 15.9. The molecule has 7 nitrogen and oxygen atoms in total. The summed E-state index contributed by atoms with van der Waals surface area (Å²) >= 11 is 6.33. The lowest BCUT2D eigenvalue weighted by Gasteiger charge is -2.40. The summed E-state index contributed by atoms with van der Waals surface area (Å²) in [4.78, 5) is 34.1. The molecule has 1 N–H and O–H groups in total. The molecule has 1 fully saturated rings. The van der Waals surface area contributed by atoms with E-state index in [2.05, 4.69) is 10.3 Å². The minimum Gasteiger partial charge on any atom is -0.480 e. The number of anilines is 1. The van der Waals surface area contributed by atoms with Gasteiger partial charge in [0.25, 0.3) is 11.8 Å². The quantitative estimate of drug-likeness (QED) is 0.613. The molecule has 2 aromatic carbocycles. The van der Waals surface area contributed by atoms with Gasteiger partial charge in [-0.15, -0.1) is 0 Å². The Kier molecular flexibility index (Phi) is 6.70. The van der Waals surface area contributed by atoms with Gasteiger partial charge in [-0.25, -0.2) is 4.98 Å². The highest BCUT2D eigenvalue weighted by atomic mass is 35.5. The molecule has 8 heteroatoms. The molecule has 0 bridgehead atoms. The summed E-state index contributed by atoms with van der Waals surface area (Å²) in [6.07, 6.45) is -0.697. The first-order valence-corrected chi connectivity index (χ1v) is 11.4. The number of nitrogens with zero attached hydrogens (tertiary/aromatic N) is 3. The van der Waals surface area contributed by atoms with E-state index in [1.807, 2.05) is 49.4 Å². The van der Waals surface area contributed by atoms with Crippen LogP contribution in [0.4, 0.5) is 5.82 Å². The molecule has 0 spiro atoms. The van der Waals surface area contributed by atoms with E-state index in [9.17, 15) is 9.59 Å². The minimum absolute atomic E-state index is 0.0140. The molecule has 2 heterocycles. The monoisotopic (exact) mass is 466 g/mol. The van der Waals surface area contributed by atoms with E-state index in [0.29, 0.717) is 47.3 Å². The lowest BCUT2D eigenvalue weighted by atomic mass is 10.1. The standard InChI is InChI=1S/C25H27ClN4O3/c1-16-15-29(25(32)18-7-5-4-6-8-18)13-14-30(16)24(31)17(2)33-21-11-10-20(26)23-19(21)9-12-22(27-3)28-23/h4-12,16-17H,13-15H2,1-3H3,(H,27,28)/t16-,17+/m1/s1. The van der Waals surface area contributed by atoms with Gasteiger partial charge in [0.05, 0.1) is 10.5 Å². The maximum absolute atomic E-state index is 13.2.